The van der Waals surface area contributed by atoms with Gasteiger partial charge >= 0.3 is 0 Å². The van der Waals surface area contributed by atoms with Crippen molar-refractivity contribution >= 4 is 22.8 Å². The molecule has 6 aromatic rings. The lowest BCUT2D eigenvalue weighted by atomic mass is 10.1. The van der Waals surface area contributed by atoms with E-state index in [1.807, 2.05) is 47.0 Å². The molecule has 0 atom stereocenters. The van der Waals surface area contributed by atoms with Gasteiger partial charge in [0, 0.05) is 29.9 Å². The fourth-order valence-electron chi connectivity index (χ4n) is 4.62. The molecule has 0 aliphatic carbocycles. The molecule has 3 heterocycles. The maximum absolute atomic E-state index is 12.9. The number of ether oxygens (including phenoxy) is 3. The molecule has 3 aromatic carbocycles. The van der Waals surface area contributed by atoms with Crippen LogP contribution in [0.25, 0.3) is 28.2 Å². The van der Waals surface area contributed by atoms with E-state index in [1.165, 1.54) is 0 Å². The van der Waals surface area contributed by atoms with Crippen LogP contribution < -0.4 is 25.3 Å². The summed E-state index contributed by atoms with van der Waals surface area (Å²) in [6, 6.07) is 23.9. The lowest BCUT2D eigenvalue weighted by molar-refractivity contribution is 0.0954. The molecule has 0 saturated heterocycles. The van der Waals surface area contributed by atoms with Gasteiger partial charge in [-0.3, -0.25) is 9.36 Å². The van der Waals surface area contributed by atoms with Gasteiger partial charge in [-0.25, -0.2) is 14.6 Å². The molecule has 0 radical (unpaired) electrons. The van der Waals surface area contributed by atoms with Crippen LogP contribution in [-0.2, 0) is 6.42 Å². The molecule has 12 heteroatoms. The first kappa shape index (κ1) is 27.3. The highest BCUT2D eigenvalue weighted by molar-refractivity contribution is 5.94. The zero-order chi connectivity index (χ0) is 29.8. The van der Waals surface area contributed by atoms with E-state index in [2.05, 4.69) is 25.6 Å². The molecule has 0 spiro atoms. The zero-order valence-electron chi connectivity index (χ0n) is 23.4. The highest BCUT2D eigenvalue weighted by Gasteiger charge is 2.21. The Balaban J connectivity index is 1.21. The standard InChI is InChI=1S/C31H27N7O5/c1-40-23-13-19(14-24(16-23)41-2)11-12-33-31(39)20-7-6-10-22(15-20)42-27-17-26-25(18-34-27)35-30(28-29(32)37-43-36-28)38(26)21-8-4-3-5-9-21/h3-10,13-18H,11-12H2,1-2H3,(H2,32,37)(H,33,39). The number of fused-ring (bicyclic) bond motifs is 1. The highest BCUT2D eigenvalue weighted by Crippen LogP contribution is 2.32. The molecule has 3 N–H and O–H groups in total. The van der Waals surface area contributed by atoms with E-state index in [0.29, 0.717) is 64.2 Å². The van der Waals surface area contributed by atoms with E-state index in [-0.39, 0.29) is 11.7 Å². The summed E-state index contributed by atoms with van der Waals surface area (Å²) >= 11 is 0. The minimum Gasteiger partial charge on any atom is -0.497 e. The molecule has 0 saturated carbocycles. The third-order valence-corrected chi connectivity index (χ3v) is 6.68. The molecular weight excluding hydrogens is 550 g/mol. The predicted octanol–water partition coefficient (Wildman–Crippen LogP) is 4.83. The number of benzene rings is 3. The van der Waals surface area contributed by atoms with Gasteiger partial charge in [-0.15, -0.1) is 0 Å². The van der Waals surface area contributed by atoms with Gasteiger partial charge < -0.3 is 25.3 Å². The maximum atomic E-state index is 12.9. The quantitative estimate of drug-likeness (QED) is 0.231. The minimum absolute atomic E-state index is 0.121. The zero-order valence-corrected chi connectivity index (χ0v) is 23.4. The van der Waals surface area contributed by atoms with Crippen molar-refractivity contribution in [3.8, 4) is 40.3 Å². The number of amides is 1. The Hall–Kier alpha value is -5.91. The predicted molar refractivity (Wildman–Crippen MR) is 159 cm³/mol. The summed E-state index contributed by atoms with van der Waals surface area (Å²) in [5.41, 5.74) is 9.86. The summed E-state index contributed by atoms with van der Waals surface area (Å²) in [6.45, 7) is 0.426. The molecule has 43 heavy (non-hydrogen) atoms. The molecular formula is C31H27N7O5. The number of pyridine rings is 1. The second-order valence-corrected chi connectivity index (χ2v) is 9.47. The minimum atomic E-state index is -0.227. The first-order chi connectivity index (χ1) is 21.0. The van der Waals surface area contributed by atoms with Crippen molar-refractivity contribution in [1.82, 2.24) is 30.2 Å². The summed E-state index contributed by atoms with van der Waals surface area (Å²) in [7, 11) is 3.20. The van der Waals surface area contributed by atoms with Gasteiger partial charge in [0.05, 0.1) is 25.9 Å². The van der Waals surface area contributed by atoms with Gasteiger partial charge in [-0.1, -0.05) is 24.3 Å². The van der Waals surface area contributed by atoms with Gasteiger partial charge in [0.1, 0.15) is 22.8 Å². The van der Waals surface area contributed by atoms with E-state index in [9.17, 15) is 4.79 Å². The number of methoxy groups -OCH3 is 2. The summed E-state index contributed by atoms with van der Waals surface area (Å²) in [6.07, 6.45) is 2.20. The number of hydrogen-bond acceptors (Lipinski definition) is 10. The van der Waals surface area contributed by atoms with Crippen LogP contribution in [0.4, 0.5) is 5.82 Å². The molecule has 216 valence electrons. The van der Waals surface area contributed by atoms with Gasteiger partial charge in [0.15, 0.2) is 17.3 Å². The molecule has 3 aromatic heterocycles. The van der Waals surface area contributed by atoms with Crippen molar-refractivity contribution in [2.75, 3.05) is 26.5 Å². The summed E-state index contributed by atoms with van der Waals surface area (Å²) in [5.74, 6) is 2.49. The van der Waals surface area contributed by atoms with Crippen molar-refractivity contribution in [3.05, 3.63) is 96.2 Å². The average Bonchev–Trinajstić information content (AvgIpc) is 3.64. The Morgan fingerprint density at radius 2 is 1.72 bits per heavy atom. The van der Waals surface area contributed by atoms with Crippen LogP contribution in [0, 0.1) is 0 Å². The van der Waals surface area contributed by atoms with E-state index in [1.54, 1.807) is 56.8 Å². The smallest absolute Gasteiger partial charge is 0.251 e. The Morgan fingerprint density at radius 1 is 0.930 bits per heavy atom. The van der Waals surface area contributed by atoms with Gasteiger partial charge in [0.25, 0.3) is 5.91 Å². The number of nitrogens with zero attached hydrogens (tertiary/aromatic N) is 5. The first-order valence-electron chi connectivity index (χ1n) is 13.3. The van der Waals surface area contributed by atoms with Crippen LogP contribution in [-0.4, -0.2) is 51.5 Å². The molecule has 12 nitrogen and oxygen atoms in total. The number of hydrogen-bond donors (Lipinski definition) is 2. The molecule has 0 bridgehead atoms. The fourth-order valence-corrected chi connectivity index (χ4v) is 4.62. The topological polar surface area (TPSA) is 152 Å². The summed E-state index contributed by atoms with van der Waals surface area (Å²) < 4.78 is 23.4. The Kier molecular flexibility index (Phi) is 7.55. The van der Waals surface area contributed by atoms with Crippen LogP contribution in [0.2, 0.25) is 0 Å². The van der Waals surface area contributed by atoms with Gasteiger partial charge in [-0.05, 0) is 64.8 Å². The number of imidazole rings is 1. The molecule has 1 amide bonds. The second-order valence-electron chi connectivity index (χ2n) is 9.47. The molecule has 0 aliphatic rings. The monoisotopic (exact) mass is 577 g/mol. The molecule has 0 unspecified atom stereocenters. The second kappa shape index (κ2) is 11.9. The van der Waals surface area contributed by atoms with E-state index in [4.69, 9.17) is 24.6 Å². The van der Waals surface area contributed by atoms with Crippen LogP contribution >= 0.6 is 0 Å². The van der Waals surface area contributed by atoms with Crippen molar-refractivity contribution in [1.29, 1.82) is 0 Å². The number of carbonyl (C=O) groups excluding carboxylic acids is 1. The first-order valence-corrected chi connectivity index (χ1v) is 13.3. The number of aromatic nitrogens is 5. The number of rotatable bonds is 10. The Labute approximate surface area is 246 Å². The lowest BCUT2D eigenvalue weighted by Crippen LogP contribution is -2.25. The van der Waals surface area contributed by atoms with Crippen molar-refractivity contribution < 1.29 is 23.6 Å². The van der Waals surface area contributed by atoms with Crippen LogP contribution in [0.3, 0.4) is 0 Å². The largest absolute Gasteiger partial charge is 0.497 e. The third kappa shape index (κ3) is 5.79. The van der Waals surface area contributed by atoms with Crippen molar-refractivity contribution in [2.24, 2.45) is 0 Å². The van der Waals surface area contributed by atoms with E-state index >= 15 is 0 Å². The molecule has 0 fully saturated rings. The lowest BCUT2D eigenvalue weighted by Gasteiger charge is -2.11. The normalized spacial score (nSPS) is 10.9. The van der Waals surface area contributed by atoms with Crippen LogP contribution in [0.5, 0.6) is 23.1 Å². The van der Waals surface area contributed by atoms with Gasteiger partial charge in [0.2, 0.25) is 5.88 Å². The number of nitrogens with one attached hydrogen (secondary N) is 1. The van der Waals surface area contributed by atoms with Crippen LogP contribution in [0.15, 0.2) is 89.7 Å². The molecule has 0 aliphatic heterocycles. The van der Waals surface area contributed by atoms with Crippen molar-refractivity contribution in [3.63, 3.8) is 0 Å². The number of para-hydroxylation sites is 1. The average molecular weight is 578 g/mol. The van der Waals surface area contributed by atoms with E-state index in [0.717, 1.165) is 11.3 Å². The van der Waals surface area contributed by atoms with E-state index < -0.39 is 0 Å². The van der Waals surface area contributed by atoms with Crippen molar-refractivity contribution in [2.45, 2.75) is 6.42 Å². The fraction of sp³-hybridized carbons (Fsp3) is 0.129. The third-order valence-electron chi connectivity index (χ3n) is 6.68. The van der Waals surface area contributed by atoms with Crippen LogP contribution in [0.1, 0.15) is 15.9 Å². The Bertz CT molecular complexity index is 1880. The Morgan fingerprint density at radius 3 is 2.44 bits per heavy atom. The van der Waals surface area contributed by atoms with Gasteiger partial charge in [-0.2, -0.15) is 0 Å². The number of nitrogen functional groups attached to an aromatic ring is 1. The number of carbonyl (C=O) groups is 1. The summed E-state index contributed by atoms with van der Waals surface area (Å²) in [4.78, 5) is 22.0. The summed E-state index contributed by atoms with van der Waals surface area (Å²) in [5, 5.41) is 10.6. The number of anilines is 1. The highest BCUT2D eigenvalue weighted by atomic mass is 16.6. The molecule has 6 rings (SSSR count). The SMILES string of the molecule is COc1cc(CCNC(=O)c2cccc(Oc3cc4c(cn3)nc(-c3nonc3N)n4-c3ccccc3)c2)cc(OC)c1. The maximum Gasteiger partial charge on any atom is 0.251 e. The number of nitrogens with two attached hydrogens (primary N) is 1.